The molecule has 0 saturated carbocycles. The molecule has 1 amide bonds. The molecular weight excluding hydrogens is 404 g/mol. The van der Waals surface area contributed by atoms with Crippen LogP contribution in [-0.4, -0.2) is 46.7 Å². The lowest BCUT2D eigenvalue weighted by Crippen LogP contribution is -2.41. The van der Waals surface area contributed by atoms with Gasteiger partial charge in [-0.2, -0.15) is 23.7 Å². The quantitative estimate of drug-likeness (QED) is 0.555. The molecule has 5 heterocycles. The van der Waals surface area contributed by atoms with Crippen LogP contribution in [0.3, 0.4) is 0 Å². The SMILES string of the molecule is O=C(c1ccnn1C(F)F)N1CCc2[nH]cnc2C1c1cc2c(Cl)cccn2n1. The maximum atomic E-state index is 13.3. The Balaban J connectivity index is 1.63. The summed E-state index contributed by atoms with van der Waals surface area (Å²) in [5.41, 5.74) is 2.54. The second-order valence-corrected chi connectivity index (χ2v) is 7.02. The number of aromatic nitrogens is 6. The van der Waals surface area contributed by atoms with Gasteiger partial charge in [0.15, 0.2) is 0 Å². The average molecular weight is 418 g/mol. The Hall–Kier alpha value is -3.27. The van der Waals surface area contributed by atoms with Crippen LogP contribution in [-0.2, 0) is 6.42 Å². The highest BCUT2D eigenvalue weighted by Crippen LogP contribution is 2.35. The minimum absolute atomic E-state index is 0.189. The fraction of sp³-hybridized carbons (Fsp3) is 0.222. The number of fused-ring (bicyclic) bond motifs is 2. The topological polar surface area (TPSA) is 84.1 Å². The molecule has 0 bridgehead atoms. The Morgan fingerprint density at radius 2 is 2.21 bits per heavy atom. The van der Waals surface area contributed by atoms with Crippen molar-refractivity contribution in [3.8, 4) is 0 Å². The zero-order valence-corrected chi connectivity index (χ0v) is 15.6. The predicted octanol–water partition coefficient (Wildman–Crippen LogP) is 3.09. The number of halogens is 3. The number of nitrogens with one attached hydrogen (secondary N) is 1. The number of nitrogens with zero attached hydrogens (tertiary/aromatic N) is 6. The van der Waals surface area contributed by atoms with E-state index in [0.29, 0.717) is 39.6 Å². The van der Waals surface area contributed by atoms with Gasteiger partial charge in [-0.1, -0.05) is 11.6 Å². The summed E-state index contributed by atoms with van der Waals surface area (Å²) in [7, 11) is 0. The second kappa shape index (κ2) is 6.66. The van der Waals surface area contributed by atoms with E-state index in [9.17, 15) is 13.6 Å². The Morgan fingerprint density at radius 1 is 1.34 bits per heavy atom. The van der Waals surface area contributed by atoms with Crippen molar-refractivity contribution in [2.75, 3.05) is 6.54 Å². The summed E-state index contributed by atoms with van der Waals surface area (Å²) in [6.45, 7) is -2.60. The van der Waals surface area contributed by atoms with Gasteiger partial charge < -0.3 is 9.88 Å². The first-order valence-electron chi connectivity index (χ1n) is 8.83. The molecule has 1 N–H and O–H groups in total. The van der Waals surface area contributed by atoms with Crippen LogP contribution in [0, 0.1) is 0 Å². The molecule has 0 fully saturated rings. The molecule has 29 heavy (non-hydrogen) atoms. The smallest absolute Gasteiger partial charge is 0.333 e. The van der Waals surface area contributed by atoms with Crippen LogP contribution in [0.4, 0.5) is 8.78 Å². The lowest BCUT2D eigenvalue weighted by molar-refractivity contribution is 0.0441. The lowest BCUT2D eigenvalue weighted by atomic mass is 9.99. The molecule has 1 aliphatic heterocycles. The van der Waals surface area contributed by atoms with Crippen molar-refractivity contribution in [3.63, 3.8) is 0 Å². The molecule has 0 aromatic carbocycles. The minimum atomic E-state index is -2.91. The van der Waals surface area contributed by atoms with Crippen LogP contribution in [0.2, 0.25) is 5.02 Å². The highest BCUT2D eigenvalue weighted by Gasteiger charge is 2.37. The number of pyridine rings is 1. The Morgan fingerprint density at radius 3 is 3.00 bits per heavy atom. The van der Waals surface area contributed by atoms with E-state index < -0.39 is 18.5 Å². The standard InChI is InChI=1S/C18H14ClF2N7O/c19-10-2-1-6-27-14(10)8-12(25-27)16-15-11(22-9-23-15)4-7-26(16)17(29)13-3-5-24-28(13)18(20)21/h1-3,5-6,8-9,16,18H,4,7H2,(H,22,23). The maximum absolute atomic E-state index is 13.3. The van der Waals surface area contributed by atoms with Crippen LogP contribution < -0.4 is 0 Å². The largest absolute Gasteiger partial charge is 0.348 e. The number of H-pyrrole nitrogens is 1. The number of carbonyl (C=O) groups is 1. The zero-order chi connectivity index (χ0) is 20.1. The number of aromatic amines is 1. The molecule has 4 aromatic rings. The van der Waals surface area contributed by atoms with Crippen LogP contribution in [0.25, 0.3) is 5.52 Å². The van der Waals surface area contributed by atoms with Gasteiger partial charge in [0.25, 0.3) is 5.91 Å². The van der Waals surface area contributed by atoms with E-state index in [4.69, 9.17) is 11.6 Å². The number of carbonyl (C=O) groups excluding carboxylic acids is 1. The van der Waals surface area contributed by atoms with Gasteiger partial charge in [0, 0.05) is 31.1 Å². The fourth-order valence-electron chi connectivity index (χ4n) is 3.71. The molecule has 148 valence electrons. The maximum Gasteiger partial charge on any atom is 0.333 e. The number of amides is 1. The van der Waals surface area contributed by atoms with Crippen molar-refractivity contribution in [3.05, 3.63) is 70.8 Å². The van der Waals surface area contributed by atoms with Crippen LogP contribution >= 0.6 is 11.6 Å². The van der Waals surface area contributed by atoms with E-state index in [1.54, 1.807) is 35.2 Å². The normalized spacial score (nSPS) is 16.6. The van der Waals surface area contributed by atoms with Gasteiger partial charge >= 0.3 is 6.55 Å². The lowest BCUT2D eigenvalue weighted by Gasteiger charge is -2.33. The van der Waals surface area contributed by atoms with Crippen LogP contribution in [0.1, 0.15) is 40.2 Å². The van der Waals surface area contributed by atoms with Gasteiger partial charge in [0.1, 0.15) is 11.7 Å². The van der Waals surface area contributed by atoms with Crippen molar-refractivity contribution in [1.29, 1.82) is 0 Å². The van der Waals surface area contributed by atoms with Gasteiger partial charge in [-0.05, 0) is 24.3 Å². The number of hydrogen-bond donors (Lipinski definition) is 1. The molecule has 8 nitrogen and oxygen atoms in total. The van der Waals surface area contributed by atoms with E-state index in [2.05, 4.69) is 20.2 Å². The van der Waals surface area contributed by atoms with Crippen molar-refractivity contribution >= 4 is 23.0 Å². The average Bonchev–Trinajstić information content (AvgIpc) is 3.44. The van der Waals surface area contributed by atoms with E-state index in [0.717, 1.165) is 5.69 Å². The zero-order valence-electron chi connectivity index (χ0n) is 14.8. The summed E-state index contributed by atoms with van der Waals surface area (Å²) in [5.74, 6) is -0.565. The van der Waals surface area contributed by atoms with Gasteiger partial charge in [-0.3, -0.25) is 4.79 Å². The predicted molar refractivity (Wildman–Crippen MR) is 98.9 cm³/mol. The first-order chi connectivity index (χ1) is 14.0. The fourth-order valence-corrected chi connectivity index (χ4v) is 3.93. The molecule has 11 heteroatoms. The van der Waals surface area contributed by atoms with E-state index in [1.165, 1.54) is 17.2 Å². The summed E-state index contributed by atoms with van der Waals surface area (Å²) >= 11 is 6.27. The summed E-state index contributed by atoms with van der Waals surface area (Å²) in [6.07, 6.45) is 5.01. The molecule has 5 rings (SSSR count). The first kappa shape index (κ1) is 17.8. The van der Waals surface area contributed by atoms with Gasteiger partial charge in [-0.15, -0.1) is 0 Å². The Bertz CT molecular complexity index is 1210. The number of imidazole rings is 1. The Labute approximate surface area is 167 Å². The molecule has 0 saturated heterocycles. The highest BCUT2D eigenvalue weighted by molar-refractivity contribution is 6.33. The summed E-state index contributed by atoms with van der Waals surface area (Å²) in [5, 5.41) is 8.64. The summed E-state index contributed by atoms with van der Waals surface area (Å²) in [4.78, 5) is 22.2. The van der Waals surface area contributed by atoms with E-state index in [-0.39, 0.29) is 5.69 Å². The molecule has 1 atom stereocenters. The molecule has 4 aromatic heterocycles. The highest BCUT2D eigenvalue weighted by atomic mass is 35.5. The molecular formula is C18H14ClF2N7O. The molecule has 1 unspecified atom stereocenters. The van der Waals surface area contributed by atoms with Crippen molar-refractivity contribution < 1.29 is 13.6 Å². The van der Waals surface area contributed by atoms with E-state index in [1.807, 2.05) is 0 Å². The molecule has 0 radical (unpaired) electrons. The monoisotopic (exact) mass is 417 g/mol. The van der Waals surface area contributed by atoms with E-state index >= 15 is 0 Å². The van der Waals surface area contributed by atoms with Crippen LogP contribution in [0.15, 0.2) is 43.0 Å². The minimum Gasteiger partial charge on any atom is -0.348 e. The molecule has 1 aliphatic rings. The first-order valence-corrected chi connectivity index (χ1v) is 9.21. The molecule has 0 aliphatic carbocycles. The van der Waals surface area contributed by atoms with Crippen LogP contribution in [0.5, 0.6) is 0 Å². The third-order valence-corrected chi connectivity index (χ3v) is 5.33. The summed E-state index contributed by atoms with van der Waals surface area (Å²) < 4.78 is 28.6. The number of hydrogen-bond acceptors (Lipinski definition) is 4. The van der Waals surface area contributed by atoms with Crippen molar-refractivity contribution in [2.45, 2.75) is 19.0 Å². The van der Waals surface area contributed by atoms with Gasteiger partial charge in [0.05, 0.1) is 28.3 Å². The van der Waals surface area contributed by atoms with Gasteiger partial charge in [0.2, 0.25) is 0 Å². The third kappa shape index (κ3) is 2.79. The second-order valence-electron chi connectivity index (χ2n) is 6.61. The molecule has 0 spiro atoms. The number of alkyl halides is 2. The summed E-state index contributed by atoms with van der Waals surface area (Å²) in [6, 6.07) is 5.92. The van der Waals surface area contributed by atoms with Crippen molar-refractivity contribution in [2.24, 2.45) is 0 Å². The third-order valence-electron chi connectivity index (χ3n) is 5.01. The number of rotatable bonds is 3. The van der Waals surface area contributed by atoms with Gasteiger partial charge in [-0.25, -0.2) is 9.50 Å². The van der Waals surface area contributed by atoms with Crippen molar-refractivity contribution in [1.82, 2.24) is 34.3 Å². The Kier molecular flexibility index (Phi) is 4.09.